The summed E-state index contributed by atoms with van der Waals surface area (Å²) in [4.78, 5) is 30.0. The first kappa shape index (κ1) is 14.1. The molecule has 0 bridgehead atoms. The third-order valence-corrected chi connectivity index (χ3v) is 4.71. The molecule has 1 aromatic heterocycles. The minimum Gasteiger partial charge on any atom is -0.480 e. The Morgan fingerprint density at radius 3 is 2.62 bits per heavy atom. The lowest BCUT2D eigenvalue weighted by molar-refractivity contribution is -0.141. The van der Waals surface area contributed by atoms with Crippen LogP contribution in [0.2, 0.25) is 0 Å². The molecule has 1 aliphatic carbocycles. The molecule has 1 saturated carbocycles. The van der Waals surface area contributed by atoms with E-state index in [0.29, 0.717) is 23.9 Å². The zero-order chi connectivity index (χ0) is 15.1. The van der Waals surface area contributed by atoms with Gasteiger partial charge in [0.05, 0.1) is 5.69 Å². The maximum atomic E-state index is 12.8. The minimum atomic E-state index is -0.924. The zero-order valence-corrected chi connectivity index (χ0v) is 12.3. The van der Waals surface area contributed by atoms with E-state index in [4.69, 9.17) is 4.42 Å². The van der Waals surface area contributed by atoms with E-state index < -0.39 is 12.0 Å². The lowest BCUT2D eigenvalue weighted by atomic mass is 9.84. The van der Waals surface area contributed by atoms with Crippen molar-refractivity contribution in [2.75, 3.05) is 0 Å². The second-order valence-electron chi connectivity index (χ2n) is 6.06. The largest absolute Gasteiger partial charge is 0.480 e. The van der Waals surface area contributed by atoms with E-state index in [2.05, 4.69) is 4.98 Å². The number of aromatic nitrogens is 1. The Morgan fingerprint density at radius 2 is 2.00 bits per heavy atom. The van der Waals surface area contributed by atoms with Crippen molar-refractivity contribution in [1.29, 1.82) is 0 Å². The second-order valence-corrected chi connectivity index (χ2v) is 6.06. The van der Waals surface area contributed by atoms with Crippen LogP contribution < -0.4 is 0 Å². The van der Waals surface area contributed by atoms with E-state index >= 15 is 0 Å². The van der Waals surface area contributed by atoms with Crippen LogP contribution in [0.15, 0.2) is 4.42 Å². The highest BCUT2D eigenvalue weighted by Crippen LogP contribution is 2.40. The van der Waals surface area contributed by atoms with Gasteiger partial charge in [-0.2, -0.15) is 0 Å². The molecule has 1 aromatic rings. The van der Waals surface area contributed by atoms with Gasteiger partial charge in [-0.05, 0) is 32.1 Å². The maximum Gasteiger partial charge on any atom is 0.326 e. The molecule has 3 atom stereocenters. The van der Waals surface area contributed by atoms with E-state index in [1.54, 1.807) is 18.7 Å². The fraction of sp³-hybridized carbons (Fsp3) is 0.667. The van der Waals surface area contributed by atoms with Gasteiger partial charge in [-0.15, -0.1) is 0 Å². The molecule has 3 rings (SSSR count). The summed E-state index contributed by atoms with van der Waals surface area (Å²) < 4.78 is 5.40. The number of nitrogens with zero attached hydrogens (tertiary/aromatic N) is 2. The number of likely N-dealkylation sites (tertiary alicyclic amines) is 1. The number of rotatable bonds is 2. The van der Waals surface area contributed by atoms with Crippen LogP contribution in [0, 0.1) is 19.8 Å². The third kappa shape index (κ3) is 2.32. The van der Waals surface area contributed by atoms with Crippen molar-refractivity contribution in [3.05, 3.63) is 17.3 Å². The number of carbonyl (C=O) groups is 2. The van der Waals surface area contributed by atoms with Crippen LogP contribution in [0.25, 0.3) is 0 Å². The highest BCUT2D eigenvalue weighted by Gasteiger charge is 2.48. The molecule has 0 aromatic carbocycles. The van der Waals surface area contributed by atoms with Crippen LogP contribution >= 0.6 is 0 Å². The Labute approximate surface area is 123 Å². The quantitative estimate of drug-likeness (QED) is 0.903. The van der Waals surface area contributed by atoms with Gasteiger partial charge in [-0.1, -0.05) is 12.8 Å². The molecule has 2 aliphatic rings. The van der Waals surface area contributed by atoms with Gasteiger partial charge in [0, 0.05) is 13.0 Å². The predicted octanol–water partition coefficient (Wildman–Crippen LogP) is 2.15. The van der Waals surface area contributed by atoms with Crippen molar-refractivity contribution in [3.8, 4) is 0 Å². The second kappa shape index (κ2) is 5.16. The molecule has 0 spiro atoms. The summed E-state index contributed by atoms with van der Waals surface area (Å²) in [6.07, 6.45) is 4.61. The van der Waals surface area contributed by atoms with E-state index in [1.807, 2.05) is 0 Å². The molecule has 6 nitrogen and oxygen atoms in total. The smallest absolute Gasteiger partial charge is 0.326 e. The van der Waals surface area contributed by atoms with Crippen LogP contribution in [0.3, 0.4) is 0 Å². The molecule has 1 aliphatic heterocycles. The summed E-state index contributed by atoms with van der Waals surface area (Å²) in [5, 5.41) is 9.46. The summed E-state index contributed by atoms with van der Waals surface area (Å²) in [6.45, 7) is 3.40. The number of carboxylic acids is 1. The van der Waals surface area contributed by atoms with Crippen molar-refractivity contribution in [2.45, 2.75) is 58.0 Å². The Morgan fingerprint density at radius 1 is 1.29 bits per heavy atom. The van der Waals surface area contributed by atoms with Gasteiger partial charge >= 0.3 is 5.97 Å². The van der Waals surface area contributed by atoms with Crippen LogP contribution in [-0.2, 0) is 4.79 Å². The fourth-order valence-electron chi connectivity index (χ4n) is 3.82. The lowest BCUT2D eigenvalue weighted by Crippen LogP contribution is -2.46. The van der Waals surface area contributed by atoms with E-state index in [9.17, 15) is 14.7 Å². The first-order valence-corrected chi connectivity index (χ1v) is 7.48. The Kier molecular flexibility index (Phi) is 3.47. The summed E-state index contributed by atoms with van der Waals surface area (Å²) in [5.74, 6) is -0.332. The van der Waals surface area contributed by atoms with Crippen molar-refractivity contribution >= 4 is 11.9 Å². The minimum absolute atomic E-state index is 0.0251. The monoisotopic (exact) mass is 292 g/mol. The van der Waals surface area contributed by atoms with Crippen molar-refractivity contribution in [1.82, 2.24) is 9.88 Å². The Bertz CT molecular complexity index is 580. The Balaban J connectivity index is 1.94. The van der Waals surface area contributed by atoms with Crippen molar-refractivity contribution in [2.24, 2.45) is 5.92 Å². The van der Waals surface area contributed by atoms with Gasteiger partial charge < -0.3 is 14.4 Å². The number of aliphatic carboxylic acids is 1. The van der Waals surface area contributed by atoms with Crippen LogP contribution in [0.4, 0.5) is 0 Å². The number of carbonyl (C=O) groups excluding carboxylic acids is 1. The zero-order valence-electron chi connectivity index (χ0n) is 12.3. The normalized spacial score (nSPS) is 28.5. The average molecular weight is 292 g/mol. The summed E-state index contributed by atoms with van der Waals surface area (Å²) >= 11 is 0. The molecule has 6 heteroatoms. The molecule has 1 saturated heterocycles. The topological polar surface area (TPSA) is 83.6 Å². The number of amides is 1. The van der Waals surface area contributed by atoms with Crippen LogP contribution in [0.1, 0.15) is 54.2 Å². The molecule has 2 fully saturated rings. The third-order valence-electron chi connectivity index (χ3n) is 4.71. The number of aryl methyl sites for hydroxylation is 2. The number of fused-ring (bicyclic) bond motifs is 1. The molecular formula is C15H20N2O4. The molecular weight excluding hydrogens is 272 g/mol. The van der Waals surface area contributed by atoms with Crippen molar-refractivity contribution in [3.63, 3.8) is 0 Å². The van der Waals surface area contributed by atoms with Crippen molar-refractivity contribution < 1.29 is 19.1 Å². The average Bonchev–Trinajstić information content (AvgIpc) is 2.98. The molecule has 0 unspecified atom stereocenters. The van der Waals surface area contributed by atoms with Gasteiger partial charge in [0.1, 0.15) is 6.04 Å². The van der Waals surface area contributed by atoms with E-state index in [1.165, 1.54) is 0 Å². The van der Waals surface area contributed by atoms with E-state index in [-0.39, 0.29) is 17.7 Å². The number of hydrogen-bond acceptors (Lipinski definition) is 4. The first-order chi connectivity index (χ1) is 9.99. The standard InChI is InChI=1S/C15H20N2O4/c1-8-13(21-9(2)16-8)14(18)17-11-6-4-3-5-10(11)7-12(17)15(19)20/h10-12H,3-7H2,1-2H3,(H,19,20)/t10-,11-,12-/m0/s1. The maximum absolute atomic E-state index is 12.8. The fourth-order valence-corrected chi connectivity index (χ4v) is 3.82. The molecule has 0 radical (unpaired) electrons. The molecule has 2 heterocycles. The molecule has 21 heavy (non-hydrogen) atoms. The van der Waals surface area contributed by atoms with Gasteiger partial charge in [0.2, 0.25) is 5.76 Å². The number of hydrogen-bond donors (Lipinski definition) is 1. The van der Waals surface area contributed by atoms with Gasteiger partial charge in [-0.25, -0.2) is 9.78 Å². The summed E-state index contributed by atoms with van der Waals surface area (Å²) in [7, 11) is 0. The predicted molar refractivity (Wildman–Crippen MR) is 73.9 cm³/mol. The SMILES string of the molecule is Cc1nc(C)c(C(=O)N2[C@H](C(=O)O)C[C@@H]3CCCC[C@@H]32)o1. The Hall–Kier alpha value is -1.85. The van der Waals surface area contributed by atoms with Gasteiger partial charge in [-0.3, -0.25) is 4.79 Å². The van der Waals surface area contributed by atoms with Crippen LogP contribution in [0.5, 0.6) is 0 Å². The first-order valence-electron chi connectivity index (χ1n) is 7.48. The molecule has 114 valence electrons. The van der Waals surface area contributed by atoms with Gasteiger partial charge in [0.25, 0.3) is 5.91 Å². The number of carboxylic acid groups (broad SMARTS) is 1. The van der Waals surface area contributed by atoms with E-state index in [0.717, 1.165) is 25.7 Å². The highest BCUT2D eigenvalue weighted by atomic mass is 16.4. The lowest BCUT2D eigenvalue weighted by Gasteiger charge is -2.32. The highest BCUT2D eigenvalue weighted by molar-refractivity contribution is 5.95. The van der Waals surface area contributed by atoms with Gasteiger partial charge in [0.15, 0.2) is 5.89 Å². The summed E-state index contributed by atoms with van der Waals surface area (Å²) in [6, 6.07) is -0.715. The van der Waals surface area contributed by atoms with Crippen LogP contribution in [-0.4, -0.2) is 39.0 Å². The number of oxazole rings is 1. The molecule has 1 amide bonds. The molecule has 1 N–H and O–H groups in total. The summed E-state index contributed by atoms with van der Waals surface area (Å²) in [5.41, 5.74) is 0.529.